The highest BCUT2D eigenvalue weighted by Gasteiger charge is 2.34. The van der Waals surface area contributed by atoms with Crippen LogP contribution in [0.5, 0.6) is 5.75 Å². The predicted molar refractivity (Wildman–Crippen MR) is 105 cm³/mol. The lowest BCUT2D eigenvalue weighted by Crippen LogP contribution is -2.43. The van der Waals surface area contributed by atoms with E-state index in [1.165, 1.54) is 5.56 Å². The number of carbonyl (C=O) groups is 1. The second-order valence-corrected chi connectivity index (χ2v) is 7.65. The molecule has 0 radical (unpaired) electrons. The molecule has 2 aromatic carbocycles. The third-order valence-corrected chi connectivity index (χ3v) is 5.78. The molecule has 1 amide bonds. The van der Waals surface area contributed by atoms with Crippen molar-refractivity contribution in [2.24, 2.45) is 0 Å². The molecule has 26 heavy (non-hydrogen) atoms. The van der Waals surface area contributed by atoms with Crippen LogP contribution in [0.2, 0.25) is 0 Å². The Morgan fingerprint density at radius 3 is 2.85 bits per heavy atom. The van der Waals surface area contributed by atoms with Crippen LogP contribution < -0.4 is 10.1 Å². The molecule has 1 aliphatic carbocycles. The van der Waals surface area contributed by atoms with Crippen molar-refractivity contribution in [1.82, 2.24) is 5.32 Å². The molecular weight excluding hydrogens is 346 g/mol. The molecule has 5 heteroatoms. The summed E-state index contributed by atoms with van der Waals surface area (Å²) < 4.78 is 5.27. The molecule has 0 spiro atoms. The van der Waals surface area contributed by atoms with Gasteiger partial charge in [0.25, 0.3) is 0 Å². The number of aliphatic hydroxyl groups is 1. The molecule has 2 N–H and O–H groups in total. The minimum absolute atomic E-state index is 0.0417. The number of methoxy groups -OCH3 is 1. The summed E-state index contributed by atoms with van der Waals surface area (Å²) in [5.74, 6) is 1.95. The predicted octanol–water partition coefficient (Wildman–Crippen LogP) is 3.27. The average Bonchev–Trinajstić information content (AvgIpc) is 2.67. The largest absolute Gasteiger partial charge is 0.497 e. The fourth-order valence-electron chi connectivity index (χ4n) is 3.38. The number of thioether (sulfide) groups is 1. The van der Waals surface area contributed by atoms with Crippen molar-refractivity contribution in [2.45, 2.75) is 30.6 Å². The lowest BCUT2D eigenvalue weighted by atomic mass is 9.79. The summed E-state index contributed by atoms with van der Waals surface area (Å²) in [6.07, 6.45) is 2.48. The summed E-state index contributed by atoms with van der Waals surface area (Å²) in [6.45, 7) is 0.247. The van der Waals surface area contributed by atoms with Crippen molar-refractivity contribution in [1.29, 1.82) is 0 Å². The molecule has 0 bridgehead atoms. The first kappa shape index (κ1) is 18.8. The second-order valence-electron chi connectivity index (χ2n) is 6.66. The maximum atomic E-state index is 12.2. The Kier molecular flexibility index (Phi) is 6.22. The van der Waals surface area contributed by atoms with E-state index in [0.717, 1.165) is 35.5 Å². The SMILES string of the molecule is COc1ccc2c(c1)CCCC2(O)CNC(=O)CSCc1ccccc1. The number of ether oxygens (including phenoxy) is 1. The second kappa shape index (κ2) is 8.60. The molecule has 0 saturated carbocycles. The summed E-state index contributed by atoms with van der Waals surface area (Å²) in [7, 11) is 1.64. The molecule has 0 aromatic heterocycles. The topological polar surface area (TPSA) is 58.6 Å². The summed E-state index contributed by atoms with van der Waals surface area (Å²) >= 11 is 1.58. The number of carbonyl (C=O) groups excluding carboxylic acids is 1. The Morgan fingerprint density at radius 2 is 2.08 bits per heavy atom. The Hall–Kier alpha value is -1.98. The van der Waals surface area contributed by atoms with Crippen LogP contribution in [0.4, 0.5) is 0 Å². The lowest BCUT2D eigenvalue weighted by Gasteiger charge is -2.35. The highest BCUT2D eigenvalue weighted by molar-refractivity contribution is 7.99. The Labute approximate surface area is 159 Å². The normalized spacial score (nSPS) is 18.8. The molecule has 4 nitrogen and oxygen atoms in total. The van der Waals surface area contributed by atoms with Crippen LogP contribution in [0.15, 0.2) is 48.5 Å². The number of hydrogen-bond donors (Lipinski definition) is 2. The maximum absolute atomic E-state index is 12.2. The van der Waals surface area contributed by atoms with Crippen molar-refractivity contribution in [3.05, 3.63) is 65.2 Å². The maximum Gasteiger partial charge on any atom is 0.230 e. The first-order valence-electron chi connectivity index (χ1n) is 8.89. The fourth-order valence-corrected chi connectivity index (χ4v) is 4.20. The van der Waals surface area contributed by atoms with Gasteiger partial charge in [0.15, 0.2) is 0 Å². The van der Waals surface area contributed by atoms with Crippen LogP contribution in [0.1, 0.15) is 29.5 Å². The quantitative estimate of drug-likeness (QED) is 0.784. The molecule has 1 atom stereocenters. The molecule has 1 aliphatic rings. The van der Waals surface area contributed by atoms with Gasteiger partial charge in [0.1, 0.15) is 11.4 Å². The average molecular weight is 372 g/mol. The van der Waals surface area contributed by atoms with E-state index in [9.17, 15) is 9.90 Å². The monoisotopic (exact) mass is 371 g/mol. The molecule has 3 rings (SSSR count). The fraction of sp³-hybridized carbons (Fsp3) is 0.381. The molecule has 138 valence electrons. The number of nitrogens with one attached hydrogen (secondary N) is 1. The summed E-state index contributed by atoms with van der Waals surface area (Å²) in [5, 5.41) is 14.0. The molecule has 0 aliphatic heterocycles. The number of benzene rings is 2. The van der Waals surface area contributed by atoms with Gasteiger partial charge in [-0.3, -0.25) is 4.79 Å². The minimum atomic E-state index is -1.00. The number of fused-ring (bicyclic) bond motifs is 1. The number of rotatable bonds is 7. The van der Waals surface area contributed by atoms with Crippen LogP contribution in [0.25, 0.3) is 0 Å². The van der Waals surface area contributed by atoms with Gasteiger partial charge in [0, 0.05) is 5.75 Å². The van der Waals surface area contributed by atoms with Crippen molar-refractivity contribution in [2.75, 3.05) is 19.4 Å². The number of hydrogen-bond acceptors (Lipinski definition) is 4. The molecule has 2 aromatic rings. The minimum Gasteiger partial charge on any atom is -0.497 e. The molecule has 0 saturated heterocycles. The van der Waals surface area contributed by atoms with E-state index in [4.69, 9.17) is 4.74 Å². The van der Waals surface area contributed by atoms with Gasteiger partial charge < -0.3 is 15.2 Å². The zero-order valence-corrected chi connectivity index (χ0v) is 15.8. The van der Waals surface area contributed by atoms with Gasteiger partial charge in [-0.1, -0.05) is 36.4 Å². The molecule has 0 heterocycles. The summed E-state index contributed by atoms with van der Waals surface area (Å²) in [5.41, 5.74) is 2.21. The van der Waals surface area contributed by atoms with E-state index >= 15 is 0 Å². The highest BCUT2D eigenvalue weighted by Crippen LogP contribution is 2.36. The van der Waals surface area contributed by atoms with E-state index in [0.29, 0.717) is 12.2 Å². The van der Waals surface area contributed by atoms with Gasteiger partial charge >= 0.3 is 0 Å². The smallest absolute Gasteiger partial charge is 0.230 e. The van der Waals surface area contributed by atoms with Crippen LogP contribution in [0.3, 0.4) is 0 Å². The Bertz CT molecular complexity index is 750. The zero-order chi connectivity index (χ0) is 18.4. The van der Waals surface area contributed by atoms with Gasteiger partial charge in [-0.15, -0.1) is 11.8 Å². The first-order chi connectivity index (χ1) is 12.6. The molecular formula is C21H25NO3S. The van der Waals surface area contributed by atoms with Gasteiger partial charge in [0.2, 0.25) is 5.91 Å². The number of amides is 1. The van der Waals surface area contributed by atoms with E-state index in [2.05, 4.69) is 17.4 Å². The third-order valence-electron chi connectivity index (χ3n) is 4.77. The van der Waals surface area contributed by atoms with E-state index < -0.39 is 5.60 Å². The first-order valence-corrected chi connectivity index (χ1v) is 10.0. The Balaban J connectivity index is 1.53. The van der Waals surface area contributed by atoms with Gasteiger partial charge in [0.05, 0.1) is 19.4 Å². The lowest BCUT2D eigenvalue weighted by molar-refractivity contribution is -0.120. The summed E-state index contributed by atoms with van der Waals surface area (Å²) in [6, 6.07) is 15.9. The molecule has 0 fully saturated rings. The van der Waals surface area contributed by atoms with E-state index in [1.807, 2.05) is 36.4 Å². The van der Waals surface area contributed by atoms with Crippen molar-refractivity contribution in [3.63, 3.8) is 0 Å². The van der Waals surface area contributed by atoms with Crippen LogP contribution >= 0.6 is 11.8 Å². The van der Waals surface area contributed by atoms with Crippen LogP contribution in [-0.2, 0) is 22.6 Å². The van der Waals surface area contributed by atoms with Crippen LogP contribution in [-0.4, -0.2) is 30.4 Å². The zero-order valence-electron chi connectivity index (χ0n) is 15.0. The summed E-state index contributed by atoms with van der Waals surface area (Å²) in [4.78, 5) is 12.2. The number of aryl methyl sites for hydroxylation is 1. The van der Waals surface area contributed by atoms with Crippen molar-refractivity contribution in [3.8, 4) is 5.75 Å². The van der Waals surface area contributed by atoms with Crippen molar-refractivity contribution < 1.29 is 14.6 Å². The van der Waals surface area contributed by atoms with Gasteiger partial charge in [-0.2, -0.15) is 0 Å². The standard InChI is InChI=1S/C21H25NO3S/c1-25-18-9-10-19-17(12-18)8-5-11-21(19,24)15-22-20(23)14-26-13-16-6-3-2-4-7-16/h2-4,6-7,9-10,12,24H,5,8,11,13-15H2,1H3,(H,22,23). The van der Waals surface area contributed by atoms with Crippen LogP contribution in [0, 0.1) is 0 Å². The van der Waals surface area contributed by atoms with Gasteiger partial charge in [-0.25, -0.2) is 0 Å². The highest BCUT2D eigenvalue weighted by atomic mass is 32.2. The van der Waals surface area contributed by atoms with E-state index in [-0.39, 0.29) is 12.5 Å². The van der Waals surface area contributed by atoms with Gasteiger partial charge in [-0.05, 0) is 48.1 Å². The van der Waals surface area contributed by atoms with Crippen molar-refractivity contribution >= 4 is 17.7 Å². The molecule has 1 unspecified atom stereocenters. The Morgan fingerprint density at radius 1 is 1.27 bits per heavy atom. The third kappa shape index (κ3) is 4.59. The van der Waals surface area contributed by atoms with E-state index in [1.54, 1.807) is 18.9 Å².